The van der Waals surface area contributed by atoms with Gasteiger partial charge in [-0.1, -0.05) is 11.6 Å². The minimum absolute atomic E-state index is 0.218. The molecule has 0 spiro atoms. The smallest absolute Gasteiger partial charge is 0.161 e. The molecule has 0 fully saturated rings. The summed E-state index contributed by atoms with van der Waals surface area (Å²) in [5.41, 5.74) is 3.34. The van der Waals surface area contributed by atoms with E-state index in [1.165, 1.54) is 0 Å². The number of aryl methyl sites for hydroxylation is 1. The number of nitrogens with one attached hydrogen (secondary N) is 2. The zero-order valence-corrected chi connectivity index (χ0v) is 11.5. The third kappa shape index (κ3) is 2.31. The van der Waals surface area contributed by atoms with Gasteiger partial charge in [-0.25, -0.2) is 4.98 Å². The van der Waals surface area contributed by atoms with Crippen LogP contribution in [0.5, 0.6) is 0 Å². The van der Waals surface area contributed by atoms with Crippen molar-refractivity contribution in [1.82, 2.24) is 9.97 Å². The summed E-state index contributed by atoms with van der Waals surface area (Å²) >= 11 is 5.86. The molecule has 0 atom stereocenters. The number of pyridine rings is 1. The van der Waals surface area contributed by atoms with Crippen LogP contribution in [0.1, 0.15) is 11.4 Å². The first-order valence-corrected chi connectivity index (χ1v) is 6.46. The van der Waals surface area contributed by atoms with Crippen LogP contribution in [-0.2, 0) is 0 Å². The van der Waals surface area contributed by atoms with Gasteiger partial charge < -0.3 is 10.3 Å². The van der Waals surface area contributed by atoms with Crippen LogP contribution in [0, 0.1) is 18.3 Å². The summed E-state index contributed by atoms with van der Waals surface area (Å²) in [6.07, 6.45) is 0. The monoisotopic (exact) mass is 282 g/mol. The second-order valence-corrected chi connectivity index (χ2v) is 4.93. The SMILES string of the molecule is Cc1cc2cc(Nc3ccc(Cl)c(C#N)n3)ccc2[nH]1. The first kappa shape index (κ1) is 12.5. The summed E-state index contributed by atoms with van der Waals surface area (Å²) in [6, 6.07) is 13.4. The highest BCUT2D eigenvalue weighted by Crippen LogP contribution is 2.23. The van der Waals surface area contributed by atoms with Gasteiger partial charge in [0.1, 0.15) is 11.9 Å². The zero-order valence-electron chi connectivity index (χ0n) is 10.7. The maximum Gasteiger partial charge on any atom is 0.161 e. The maximum absolute atomic E-state index is 8.92. The molecule has 98 valence electrons. The number of rotatable bonds is 2. The molecular formula is C15H11ClN4. The van der Waals surface area contributed by atoms with Crippen LogP contribution in [0.25, 0.3) is 10.9 Å². The van der Waals surface area contributed by atoms with E-state index in [0.29, 0.717) is 10.8 Å². The number of aromatic nitrogens is 2. The van der Waals surface area contributed by atoms with E-state index in [4.69, 9.17) is 16.9 Å². The Hall–Kier alpha value is -2.51. The molecule has 1 aromatic carbocycles. The van der Waals surface area contributed by atoms with E-state index in [1.54, 1.807) is 12.1 Å². The molecule has 0 unspecified atom stereocenters. The Morgan fingerprint density at radius 3 is 2.90 bits per heavy atom. The number of fused-ring (bicyclic) bond motifs is 1. The molecule has 3 aromatic rings. The Morgan fingerprint density at radius 2 is 2.10 bits per heavy atom. The number of aromatic amines is 1. The number of anilines is 2. The molecule has 3 rings (SSSR count). The Labute approximate surface area is 121 Å². The summed E-state index contributed by atoms with van der Waals surface area (Å²) in [6.45, 7) is 2.02. The van der Waals surface area contributed by atoms with Crippen molar-refractivity contribution >= 4 is 34.0 Å². The lowest BCUT2D eigenvalue weighted by atomic mass is 10.2. The van der Waals surface area contributed by atoms with Gasteiger partial charge in [-0.05, 0) is 43.3 Å². The molecule has 0 radical (unpaired) electrons. The van der Waals surface area contributed by atoms with Crippen LogP contribution >= 0.6 is 11.6 Å². The first-order valence-electron chi connectivity index (χ1n) is 6.09. The molecule has 0 bridgehead atoms. The molecule has 2 heterocycles. The highest BCUT2D eigenvalue weighted by atomic mass is 35.5. The minimum atomic E-state index is 0.218. The molecular weight excluding hydrogens is 272 g/mol. The van der Waals surface area contributed by atoms with Gasteiger partial charge in [0.2, 0.25) is 0 Å². The van der Waals surface area contributed by atoms with Gasteiger partial charge in [0.25, 0.3) is 0 Å². The van der Waals surface area contributed by atoms with Crippen molar-refractivity contribution in [3.05, 3.63) is 52.8 Å². The van der Waals surface area contributed by atoms with Crippen molar-refractivity contribution in [2.24, 2.45) is 0 Å². The fraction of sp³-hybridized carbons (Fsp3) is 0.0667. The van der Waals surface area contributed by atoms with Crippen molar-refractivity contribution in [3.63, 3.8) is 0 Å². The molecule has 4 nitrogen and oxygen atoms in total. The molecule has 0 aliphatic carbocycles. The average Bonchev–Trinajstić information content (AvgIpc) is 2.80. The quantitative estimate of drug-likeness (QED) is 0.742. The molecule has 0 amide bonds. The number of halogens is 1. The number of hydrogen-bond donors (Lipinski definition) is 2. The van der Waals surface area contributed by atoms with Crippen molar-refractivity contribution < 1.29 is 0 Å². The standard InChI is InChI=1S/C15H11ClN4/c1-9-6-10-7-11(2-4-13(10)18-9)19-15-5-3-12(16)14(8-17)20-15/h2-7,18H,1H3,(H,19,20). The third-order valence-electron chi connectivity index (χ3n) is 2.98. The Kier molecular flexibility index (Phi) is 3.05. The normalized spacial score (nSPS) is 10.4. The van der Waals surface area contributed by atoms with Crippen molar-refractivity contribution in [2.45, 2.75) is 6.92 Å². The number of benzene rings is 1. The van der Waals surface area contributed by atoms with E-state index >= 15 is 0 Å². The number of H-pyrrole nitrogens is 1. The number of nitriles is 1. The van der Waals surface area contributed by atoms with Crippen LogP contribution in [0.3, 0.4) is 0 Å². The topological polar surface area (TPSA) is 64.5 Å². The van der Waals surface area contributed by atoms with Gasteiger partial charge in [-0.15, -0.1) is 0 Å². The lowest BCUT2D eigenvalue weighted by Gasteiger charge is -2.06. The van der Waals surface area contributed by atoms with Crippen LogP contribution in [0.2, 0.25) is 5.02 Å². The van der Waals surface area contributed by atoms with E-state index < -0.39 is 0 Å². The number of hydrogen-bond acceptors (Lipinski definition) is 3. The highest BCUT2D eigenvalue weighted by Gasteiger charge is 2.04. The van der Waals surface area contributed by atoms with Crippen molar-refractivity contribution in [1.29, 1.82) is 5.26 Å². The summed E-state index contributed by atoms with van der Waals surface area (Å²) in [5, 5.41) is 13.6. The predicted octanol–water partition coefficient (Wildman–Crippen LogP) is 4.14. The number of nitrogens with zero attached hydrogens (tertiary/aromatic N) is 2. The van der Waals surface area contributed by atoms with Gasteiger partial charge in [-0.2, -0.15) is 5.26 Å². The first-order chi connectivity index (χ1) is 9.65. The Morgan fingerprint density at radius 1 is 1.25 bits per heavy atom. The molecule has 20 heavy (non-hydrogen) atoms. The van der Waals surface area contributed by atoms with E-state index in [0.717, 1.165) is 22.3 Å². The fourth-order valence-electron chi connectivity index (χ4n) is 2.09. The Bertz CT molecular complexity index is 829. The predicted molar refractivity (Wildman–Crippen MR) is 80.3 cm³/mol. The third-order valence-corrected chi connectivity index (χ3v) is 3.28. The minimum Gasteiger partial charge on any atom is -0.359 e. The van der Waals surface area contributed by atoms with Gasteiger partial charge in [0.15, 0.2) is 5.69 Å². The van der Waals surface area contributed by atoms with Crippen LogP contribution < -0.4 is 5.32 Å². The van der Waals surface area contributed by atoms with Crippen LogP contribution in [-0.4, -0.2) is 9.97 Å². The lowest BCUT2D eigenvalue weighted by Crippen LogP contribution is -1.95. The summed E-state index contributed by atoms with van der Waals surface area (Å²) < 4.78 is 0. The molecule has 2 N–H and O–H groups in total. The van der Waals surface area contributed by atoms with Crippen LogP contribution in [0.15, 0.2) is 36.4 Å². The second kappa shape index (κ2) is 4.87. The molecule has 0 saturated carbocycles. The molecule has 0 aliphatic heterocycles. The van der Waals surface area contributed by atoms with Crippen molar-refractivity contribution in [3.8, 4) is 6.07 Å². The second-order valence-electron chi connectivity index (χ2n) is 4.52. The Balaban J connectivity index is 1.94. The summed E-state index contributed by atoms with van der Waals surface area (Å²) in [4.78, 5) is 7.43. The fourth-order valence-corrected chi connectivity index (χ4v) is 2.24. The lowest BCUT2D eigenvalue weighted by molar-refractivity contribution is 1.25. The van der Waals surface area contributed by atoms with E-state index in [9.17, 15) is 0 Å². The van der Waals surface area contributed by atoms with E-state index in [-0.39, 0.29) is 5.69 Å². The maximum atomic E-state index is 8.92. The summed E-state index contributed by atoms with van der Waals surface area (Å²) in [7, 11) is 0. The molecule has 5 heteroatoms. The van der Waals surface area contributed by atoms with Gasteiger partial charge in [-0.3, -0.25) is 0 Å². The molecule has 0 aliphatic rings. The molecule has 2 aromatic heterocycles. The van der Waals surface area contributed by atoms with Gasteiger partial charge in [0.05, 0.1) is 5.02 Å². The van der Waals surface area contributed by atoms with Gasteiger partial charge >= 0.3 is 0 Å². The molecule has 0 saturated heterocycles. The van der Waals surface area contributed by atoms with Gasteiger partial charge in [0, 0.05) is 22.3 Å². The van der Waals surface area contributed by atoms with E-state index in [1.807, 2.05) is 31.2 Å². The van der Waals surface area contributed by atoms with E-state index in [2.05, 4.69) is 21.4 Å². The average molecular weight is 283 g/mol. The van der Waals surface area contributed by atoms with Crippen LogP contribution in [0.4, 0.5) is 11.5 Å². The van der Waals surface area contributed by atoms with Crippen molar-refractivity contribution in [2.75, 3.05) is 5.32 Å². The summed E-state index contributed by atoms with van der Waals surface area (Å²) in [5.74, 6) is 0.595. The highest BCUT2D eigenvalue weighted by molar-refractivity contribution is 6.31. The zero-order chi connectivity index (χ0) is 14.1. The largest absolute Gasteiger partial charge is 0.359 e.